The molecule has 0 unspecified atom stereocenters. The van der Waals surface area contributed by atoms with Crippen LogP contribution in [0.2, 0.25) is 0 Å². The van der Waals surface area contributed by atoms with Crippen LogP contribution in [0.5, 0.6) is 0 Å². The highest BCUT2D eigenvalue weighted by molar-refractivity contribution is 7.09. The molecule has 0 amide bonds. The minimum atomic E-state index is 0.843. The van der Waals surface area contributed by atoms with Crippen molar-refractivity contribution in [1.29, 1.82) is 0 Å². The van der Waals surface area contributed by atoms with Crippen molar-refractivity contribution < 1.29 is 0 Å². The summed E-state index contributed by atoms with van der Waals surface area (Å²) in [6, 6.07) is 0. The van der Waals surface area contributed by atoms with Crippen LogP contribution in [-0.4, -0.2) is 9.36 Å². The molecule has 0 aliphatic carbocycles. The Morgan fingerprint density at radius 3 is 2.94 bits per heavy atom. The minimum Gasteiger partial charge on any atom is -0.356 e. The highest BCUT2D eigenvalue weighted by Gasteiger charge is 2.04. The molecule has 0 radical (unpaired) electrons. The van der Waals surface area contributed by atoms with E-state index in [4.69, 9.17) is 0 Å². The van der Waals surface area contributed by atoms with E-state index in [9.17, 15) is 0 Å². The van der Waals surface area contributed by atoms with Gasteiger partial charge in [-0.1, -0.05) is 6.92 Å². The Morgan fingerprint density at radius 2 is 2.25 bits per heavy atom. The first kappa shape index (κ1) is 11.5. The number of hydrogen-bond acceptors (Lipinski definition) is 5. The lowest BCUT2D eigenvalue weighted by atomic mass is 10.2. The monoisotopic (exact) mass is 253 g/mol. The van der Waals surface area contributed by atoms with E-state index in [1.54, 1.807) is 11.3 Å². The molecule has 1 N–H and O–H groups in total. The second-order valence-electron chi connectivity index (χ2n) is 3.70. The minimum absolute atomic E-state index is 0.843. The van der Waals surface area contributed by atoms with Gasteiger partial charge in [-0.05, 0) is 35.2 Å². The quantitative estimate of drug-likeness (QED) is 0.886. The Labute approximate surface area is 104 Å². The van der Waals surface area contributed by atoms with Crippen molar-refractivity contribution >= 4 is 28.0 Å². The van der Waals surface area contributed by atoms with Crippen molar-refractivity contribution in [3.63, 3.8) is 0 Å². The predicted molar refractivity (Wildman–Crippen MR) is 70.3 cm³/mol. The number of hydrogen-bond donors (Lipinski definition) is 1. The smallest absolute Gasteiger partial charge is 0.202 e. The molecule has 0 aromatic carbocycles. The van der Waals surface area contributed by atoms with Gasteiger partial charge < -0.3 is 5.32 Å². The molecule has 0 aliphatic heterocycles. The molecular formula is C11H15N3S2. The molecule has 3 nitrogen and oxygen atoms in total. The average Bonchev–Trinajstić information content (AvgIpc) is 2.86. The molecule has 2 heterocycles. The number of nitrogens with zero attached hydrogens (tertiary/aromatic N) is 2. The van der Waals surface area contributed by atoms with Crippen molar-refractivity contribution in [1.82, 2.24) is 9.36 Å². The van der Waals surface area contributed by atoms with Crippen LogP contribution in [0, 0.1) is 6.92 Å². The van der Waals surface area contributed by atoms with Crippen LogP contribution in [0.4, 0.5) is 5.13 Å². The lowest BCUT2D eigenvalue weighted by Gasteiger charge is -2.00. The van der Waals surface area contributed by atoms with E-state index in [0.29, 0.717) is 0 Å². The standard InChI is InChI=1S/C11H15N3S2/c1-3-4-10-13-11(16-14-10)12-5-9-7-15-6-8(9)2/h6-7H,3-5H2,1-2H3,(H,12,13,14). The molecule has 86 valence electrons. The third-order valence-electron chi connectivity index (χ3n) is 2.33. The largest absolute Gasteiger partial charge is 0.356 e. The number of rotatable bonds is 5. The number of aryl methyl sites for hydroxylation is 2. The van der Waals surface area contributed by atoms with Gasteiger partial charge in [0.2, 0.25) is 5.13 Å². The topological polar surface area (TPSA) is 37.8 Å². The Balaban J connectivity index is 1.92. The molecule has 5 heteroatoms. The fourth-order valence-electron chi connectivity index (χ4n) is 1.39. The first-order valence-corrected chi connectivity index (χ1v) is 7.09. The predicted octanol–water partition coefficient (Wildman–Crippen LogP) is 3.47. The maximum atomic E-state index is 4.43. The van der Waals surface area contributed by atoms with Gasteiger partial charge in [0, 0.05) is 24.5 Å². The van der Waals surface area contributed by atoms with E-state index in [0.717, 1.165) is 30.3 Å². The average molecular weight is 253 g/mol. The van der Waals surface area contributed by atoms with Gasteiger partial charge in [-0.2, -0.15) is 15.7 Å². The van der Waals surface area contributed by atoms with Crippen LogP contribution in [0.25, 0.3) is 0 Å². The fraction of sp³-hybridized carbons (Fsp3) is 0.455. The van der Waals surface area contributed by atoms with E-state index >= 15 is 0 Å². The Morgan fingerprint density at radius 1 is 1.38 bits per heavy atom. The SMILES string of the molecule is CCCc1nsc(NCc2cscc2C)n1. The summed E-state index contributed by atoms with van der Waals surface area (Å²) < 4.78 is 4.30. The second kappa shape index (κ2) is 5.41. The summed E-state index contributed by atoms with van der Waals surface area (Å²) in [6.45, 7) is 5.12. The van der Waals surface area contributed by atoms with Crippen LogP contribution >= 0.6 is 22.9 Å². The van der Waals surface area contributed by atoms with Gasteiger partial charge in [-0.3, -0.25) is 0 Å². The van der Waals surface area contributed by atoms with E-state index < -0.39 is 0 Å². The Kier molecular flexibility index (Phi) is 3.90. The molecule has 2 aromatic heterocycles. The zero-order valence-corrected chi connectivity index (χ0v) is 11.1. The highest BCUT2D eigenvalue weighted by atomic mass is 32.1. The number of anilines is 1. The summed E-state index contributed by atoms with van der Waals surface area (Å²) >= 11 is 3.19. The number of thiophene rings is 1. The van der Waals surface area contributed by atoms with Crippen LogP contribution in [0.3, 0.4) is 0 Å². The van der Waals surface area contributed by atoms with E-state index in [1.165, 1.54) is 22.7 Å². The summed E-state index contributed by atoms with van der Waals surface area (Å²) in [4.78, 5) is 4.43. The van der Waals surface area contributed by atoms with Crippen LogP contribution in [0.1, 0.15) is 30.3 Å². The molecule has 0 spiro atoms. The number of aromatic nitrogens is 2. The third kappa shape index (κ3) is 2.80. The van der Waals surface area contributed by atoms with E-state index in [1.807, 2.05) is 0 Å². The lowest BCUT2D eigenvalue weighted by Crippen LogP contribution is -1.99. The molecular weight excluding hydrogens is 238 g/mol. The van der Waals surface area contributed by atoms with Gasteiger partial charge >= 0.3 is 0 Å². The summed E-state index contributed by atoms with van der Waals surface area (Å²) in [7, 11) is 0. The summed E-state index contributed by atoms with van der Waals surface area (Å²) in [5, 5.41) is 8.59. The molecule has 0 bridgehead atoms. The number of nitrogens with one attached hydrogen (secondary N) is 1. The zero-order chi connectivity index (χ0) is 11.4. The van der Waals surface area contributed by atoms with Gasteiger partial charge in [-0.15, -0.1) is 0 Å². The van der Waals surface area contributed by atoms with E-state index in [2.05, 4.69) is 39.3 Å². The molecule has 0 atom stereocenters. The van der Waals surface area contributed by atoms with Crippen molar-refractivity contribution in [2.75, 3.05) is 5.32 Å². The highest BCUT2D eigenvalue weighted by Crippen LogP contribution is 2.17. The van der Waals surface area contributed by atoms with Gasteiger partial charge in [0.25, 0.3) is 0 Å². The van der Waals surface area contributed by atoms with Crippen molar-refractivity contribution in [2.45, 2.75) is 33.2 Å². The molecule has 16 heavy (non-hydrogen) atoms. The van der Waals surface area contributed by atoms with Crippen molar-refractivity contribution in [3.05, 3.63) is 27.7 Å². The van der Waals surface area contributed by atoms with E-state index in [-0.39, 0.29) is 0 Å². The molecule has 2 aromatic rings. The zero-order valence-electron chi connectivity index (χ0n) is 9.49. The second-order valence-corrected chi connectivity index (χ2v) is 5.19. The van der Waals surface area contributed by atoms with Gasteiger partial charge in [0.15, 0.2) is 0 Å². The van der Waals surface area contributed by atoms with Crippen LogP contribution in [-0.2, 0) is 13.0 Å². The normalized spacial score (nSPS) is 10.6. The van der Waals surface area contributed by atoms with Gasteiger partial charge in [0.05, 0.1) is 0 Å². The van der Waals surface area contributed by atoms with Gasteiger partial charge in [-0.25, -0.2) is 4.98 Å². The Hall–Kier alpha value is -0.940. The molecule has 2 rings (SSSR count). The lowest BCUT2D eigenvalue weighted by molar-refractivity contribution is 0.861. The van der Waals surface area contributed by atoms with Gasteiger partial charge in [0.1, 0.15) is 5.82 Å². The van der Waals surface area contributed by atoms with Crippen molar-refractivity contribution in [2.24, 2.45) is 0 Å². The first-order chi connectivity index (χ1) is 7.79. The van der Waals surface area contributed by atoms with Crippen LogP contribution in [0.15, 0.2) is 10.8 Å². The summed E-state index contributed by atoms with van der Waals surface area (Å²) in [6.07, 6.45) is 2.06. The Bertz CT molecular complexity index is 448. The fourth-order valence-corrected chi connectivity index (χ4v) is 2.85. The molecule has 0 saturated carbocycles. The summed E-state index contributed by atoms with van der Waals surface area (Å²) in [5.41, 5.74) is 2.69. The molecule has 0 aliphatic rings. The van der Waals surface area contributed by atoms with Crippen molar-refractivity contribution in [3.8, 4) is 0 Å². The molecule has 0 saturated heterocycles. The maximum absolute atomic E-state index is 4.43. The van der Waals surface area contributed by atoms with Crippen LogP contribution < -0.4 is 5.32 Å². The summed E-state index contributed by atoms with van der Waals surface area (Å²) in [5.74, 6) is 0.956. The molecule has 0 fully saturated rings. The first-order valence-electron chi connectivity index (χ1n) is 5.37. The maximum Gasteiger partial charge on any atom is 0.202 e. The third-order valence-corrected chi connectivity index (χ3v) is 3.95.